The minimum atomic E-state index is -0.361. The summed E-state index contributed by atoms with van der Waals surface area (Å²) in [6.07, 6.45) is 5.76. The summed E-state index contributed by atoms with van der Waals surface area (Å²) in [5, 5.41) is 9.72. The Bertz CT molecular complexity index is 3520. The van der Waals surface area contributed by atoms with E-state index in [2.05, 4.69) is 70.4 Å². The van der Waals surface area contributed by atoms with Crippen molar-refractivity contribution in [3.63, 3.8) is 0 Å². The van der Waals surface area contributed by atoms with E-state index >= 15 is 0 Å². The zero-order valence-corrected chi connectivity index (χ0v) is 54.3. The molecule has 27 heteroatoms. The maximum Gasteiger partial charge on any atom is 0.247 e. The molecule has 0 radical (unpaired) electrons. The molecular weight excluding hydrogens is 1250 g/mol. The summed E-state index contributed by atoms with van der Waals surface area (Å²) in [7, 11) is 9.10. The Labute approximate surface area is 542 Å². The average Bonchev–Trinajstić information content (AvgIpc) is 1.58. The van der Waals surface area contributed by atoms with Gasteiger partial charge in [-0.25, -0.2) is 19.9 Å². The van der Waals surface area contributed by atoms with Crippen molar-refractivity contribution in [1.29, 1.82) is 0 Å². The third kappa shape index (κ3) is 18.9. The van der Waals surface area contributed by atoms with Crippen molar-refractivity contribution < 1.29 is 47.7 Å². The van der Waals surface area contributed by atoms with Gasteiger partial charge in [0, 0.05) is 151 Å². The molecule has 4 heterocycles. The smallest absolute Gasteiger partial charge is 0.247 e. The van der Waals surface area contributed by atoms with Gasteiger partial charge in [-0.3, -0.25) is 38.6 Å². The molecule has 2 aliphatic heterocycles. The van der Waals surface area contributed by atoms with E-state index in [-0.39, 0.29) is 67.7 Å². The molecule has 3 N–H and O–H groups in total. The van der Waals surface area contributed by atoms with Crippen LogP contribution in [0.2, 0.25) is 20.1 Å². The van der Waals surface area contributed by atoms with Crippen molar-refractivity contribution >= 4 is 127 Å². The molecule has 2 fully saturated rings. The van der Waals surface area contributed by atoms with Crippen molar-refractivity contribution in [1.82, 2.24) is 30.2 Å². The maximum absolute atomic E-state index is 13.3. The second kappa shape index (κ2) is 33.4. The van der Waals surface area contributed by atoms with Gasteiger partial charge in [-0.05, 0) is 59.1 Å². The lowest BCUT2D eigenvalue weighted by atomic mass is 10.0. The van der Waals surface area contributed by atoms with Gasteiger partial charge in [-0.1, -0.05) is 71.7 Å². The van der Waals surface area contributed by atoms with Gasteiger partial charge in [0.1, 0.15) is 47.3 Å². The van der Waals surface area contributed by atoms with E-state index in [4.69, 9.17) is 65.4 Å². The van der Waals surface area contributed by atoms with Crippen LogP contribution in [0.15, 0.2) is 98.6 Å². The lowest BCUT2D eigenvalue weighted by Crippen LogP contribution is -2.48. The summed E-state index contributed by atoms with van der Waals surface area (Å²) < 4.78 is 21.2. The number of likely N-dealkylation sites (N-methyl/N-ethyl adjacent to an activating group) is 2. The number of nitrogens with zero attached hydrogens (tertiary/aromatic N) is 9. The fourth-order valence-corrected chi connectivity index (χ4v) is 10.6. The lowest BCUT2D eigenvalue weighted by Gasteiger charge is -2.36. The standard InChI is InChI=1S/C31H34Cl2N6O5.C29H32Cl2N6O4.C2H3ClO/c1-6-28(41)36-24-15-22(39-11-9-38(10-12-39)19(2)40)8-7-20(24)13-21-14-27(35-18-34-21)37(3)29(42)16-23-30(32)25(43-4)17-26(44-5)31(23)33;1-5-26(38)35-22-14-20(37-10-8-32-9-11-37)7-6-18(22)12-19-13-25(34-17-33-19)36(2)27(39)15-21-28(30)23(40-3)16-24(41-4)29(21)31;1-2(3)4/h6-8,14-15,17-18H,1,9-13,16H2,2-5H3,(H,36,41);5-7,13-14,16-17,32H,1,8-12,15H2,2-4H3,(H,35,38);1H3. The second-order valence-corrected chi connectivity index (χ2v) is 21.9. The van der Waals surface area contributed by atoms with Crippen molar-refractivity contribution in [2.45, 2.75) is 39.5 Å². The number of benzene rings is 4. The number of aromatic nitrogens is 4. The molecule has 0 saturated carbocycles. The average molecular weight is 1320 g/mol. The van der Waals surface area contributed by atoms with E-state index in [1.165, 1.54) is 70.0 Å². The van der Waals surface area contributed by atoms with E-state index in [9.17, 15) is 28.8 Å². The third-order valence-electron chi connectivity index (χ3n) is 14.2. The van der Waals surface area contributed by atoms with Gasteiger partial charge in [-0.2, -0.15) is 0 Å². The molecule has 472 valence electrons. The minimum Gasteiger partial charge on any atom is -0.495 e. The Morgan fingerprint density at radius 2 is 0.921 bits per heavy atom. The topological polar surface area (TPSA) is 243 Å². The molecule has 2 aromatic heterocycles. The van der Waals surface area contributed by atoms with Gasteiger partial charge in [0.2, 0.25) is 34.8 Å². The number of hydrogen-bond acceptors (Lipinski definition) is 17. The number of piperazine rings is 2. The largest absolute Gasteiger partial charge is 0.495 e. The summed E-state index contributed by atoms with van der Waals surface area (Å²) in [5.74, 6) is 0.954. The molecule has 5 amide bonds. The molecule has 0 aliphatic carbocycles. The molecule has 0 atom stereocenters. The van der Waals surface area contributed by atoms with Gasteiger partial charge in [0.25, 0.3) is 0 Å². The van der Waals surface area contributed by atoms with Crippen molar-refractivity contribution in [3.8, 4) is 23.0 Å². The molecule has 0 bridgehead atoms. The Morgan fingerprint density at radius 1 is 0.562 bits per heavy atom. The van der Waals surface area contributed by atoms with Gasteiger partial charge in [0.05, 0.1) is 72.8 Å². The predicted octanol–water partition coefficient (Wildman–Crippen LogP) is 9.29. The van der Waals surface area contributed by atoms with E-state index in [1.54, 1.807) is 45.3 Å². The number of ether oxygens (including phenoxy) is 4. The summed E-state index contributed by atoms with van der Waals surface area (Å²) in [4.78, 5) is 98.5. The first-order valence-electron chi connectivity index (χ1n) is 27.6. The summed E-state index contributed by atoms with van der Waals surface area (Å²) in [6, 6.07) is 18.4. The first kappa shape index (κ1) is 69.8. The number of nitrogens with one attached hydrogen (secondary N) is 3. The van der Waals surface area contributed by atoms with E-state index in [1.807, 2.05) is 41.3 Å². The summed E-state index contributed by atoms with van der Waals surface area (Å²) in [6.45, 7) is 16.2. The normalized spacial score (nSPS) is 12.6. The van der Waals surface area contributed by atoms with Crippen molar-refractivity contribution in [2.75, 3.05) is 125 Å². The fourth-order valence-electron chi connectivity index (χ4n) is 9.33. The quantitative estimate of drug-likeness (QED) is 0.0476. The van der Waals surface area contributed by atoms with Gasteiger partial charge in [0.15, 0.2) is 0 Å². The van der Waals surface area contributed by atoms with Crippen molar-refractivity contribution in [2.24, 2.45) is 0 Å². The number of amides is 5. The van der Waals surface area contributed by atoms with Gasteiger partial charge in [-0.15, -0.1) is 0 Å². The number of anilines is 6. The van der Waals surface area contributed by atoms with Crippen LogP contribution in [0.25, 0.3) is 0 Å². The Morgan fingerprint density at radius 3 is 1.26 bits per heavy atom. The highest BCUT2D eigenvalue weighted by molar-refractivity contribution is 6.62. The highest BCUT2D eigenvalue weighted by atomic mass is 35.5. The molecule has 89 heavy (non-hydrogen) atoms. The highest BCUT2D eigenvalue weighted by Crippen LogP contribution is 2.42. The highest BCUT2D eigenvalue weighted by Gasteiger charge is 2.26. The van der Waals surface area contributed by atoms with E-state index in [0.29, 0.717) is 108 Å². The minimum absolute atomic E-state index is 0.0589. The number of hydrogen-bond donors (Lipinski definition) is 3. The summed E-state index contributed by atoms with van der Waals surface area (Å²) >= 11 is 30.5. The van der Waals surface area contributed by atoms with Crippen LogP contribution in [0.1, 0.15) is 47.5 Å². The summed E-state index contributed by atoms with van der Waals surface area (Å²) in [5.41, 5.74) is 6.97. The second-order valence-electron chi connectivity index (χ2n) is 19.9. The Kier molecular flexibility index (Phi) is 26.2. The molecule has 0 unspecified atom stereocenters. The van der Waals surface area contributed by atoms with E-state index in [0.717, 1.165) is 48.7 Å². The van der Waals surface area contributed by atoms with Crippen LogP contribution in [-0.2, 0) is 54.5 Å². The Hall–Kier alpha value is -8.25. The maximum atomic E-state index is 13.3. The molecule has 8 rings (SSSR count). The lowest BCUT2D eigenvalue weighted by molar-refractivity contribution is -0.129. The number of rotatable bonds is 20. The SMILES string of the molecule is C=CC(=O)Nc1cc(N2CCN(C(C)=O)CC2)ccc1Cc1cc(N(C)C(=O)Cc2c(Cl)c(OC)cc(OC)c2Cl)ncn1.C=CC(=O)Nc1cc(N2CCNCC2)ccc1Cc1cc(N(C)C(=O)Cc2c(Cl)c(OC)cc(OC)c2Cl)ncn1.CC(=O)Cl. The number of carbonyl (C=O) groups excluding carboxylic acids is 6. The molecule has 2 saturated heterocycles. The van der Waals surface area contributed by atoms with Crippen LogP contribution in [0, 0.1) is 0 Å². The number of carbonyl (C=O) groups is 6. The van der Waals surface area contributed by atoms with Crippen molar-refractivity contribution in [3.05, 3.63) is 152 Å². The molecule has 0 spiro atoms. The molecule has 6 aromatic rings. The molecule has 4 aromatic carbocycles. The van der Waals surface area contributed by atoms with Crippen LogP contribution >= 0.6 is 58.0 Å². The Balaban J connectivity index is 0.000000268. The van der Waals surface area contributed by atoms with E-state index < -0.39 is 0 Å². The van der Waals surface area contributed by atoms with Gasteiger partial charge >= 0.3 is 0 Å². The van der Waals surface area contributed by atoms with Crippen LogP contribution in [0.5, 0.6) is 23.0 Å². The van der Waals surface area contributed by atoms with Crippen LogP contribution in [0.4, 0.5) is 34.4 Å². The monoisotopic (exact) mass is 1320 g/mol. The van der Waals surface area contributed by atoms with Gasteiger partial charge < -0.3 is 49.6 Å². The predicted molar refractivity (Wildman–Crippen MR) is 350 cm³/mol. The molecular formula is C62H69Cl5N12O10. The molecule has 2 aliphatic rings. The van der Waals surface area contributed by atoms with Crippen LogP contribution in [0.3, 0.4) is 0 Å². The zero-order valence-electron chi connectivity index (χ0n) is 50.5. The first-order chi connectivity index (χ1) is 42.5. The number of methoxy groups -OCH3 is 4. The zero-order chi connectivity index (χ0) is 65.1. The third-order valence-corrected chi connectivity index (χ3v) is 15.9. The number of halogens is 5. The fraction of sp³-hybridized carbons (Fsp3) is 0.323. The molecule has 22 nitrogen and oxygen atoms in total. The first-order valence-corrected chi connectivity index (χ1v) is 29.5. The van der Waals surface area contributed by atoms with Crippen LogP contribution in [-0.4, -0.2) is 155 Å². The van der Waals surface area contributed by atoms with Crippen LogP contribution < -0.4 is 54.5 Å².